The van der Waals surface area contributed by atoms with E-state index in [0.29, 0.717) is 6.54 Å². The average molecular weight is 683 g/mol. The maximum Gasteiger partial charge on any atom is 2.00 e. The Morgan fingerprint density at radius 1 is 0.556 bits per heavy atom. The Kier molecular flexibility index (Phi) is 14.8. The van der Waals surface area contributed by atoms with Gasteiger partial charge in [0.15, 0.2) is 0 Å². The second-order valence-corrected chi connectivity index (χ2v) is 9.71. The van der Waals surface area contributed by atoms with Gasteiger partial charge in [-0.1, -0.05) is 24.3 Å². The Labute approximate surface area is 277 Å². The molecule has 0 aliphatic carbocycles. The zero-order valence-electron chi connectivity index (χ0n) is 25.3. The molecule has 0 aromatic carbocycles. The third-order valence-electron chi connectivity index (χ3n) is 6.20. The number of nitrogens with one attached hydrogen (secondary N) is 1. The van der Waals surface area contributed by atoms with Crippen molar-refractivity contribution in [2.45, 2.75) is 26.7 Å². The molecule has 8 nitrogen and oxygen atoms in total. The quantitative estimate of drug-likeness (QED) is 0.146. The smallest absolute Gasteiger partial charge is 0.356 e. The van der Waals surface area contributed by atoms with Crippen molar-refractivity contribution in [2.24, 2.45) is 0 Å². The molecule has 0 radical (unpaired) electrons. The van der Waals surface area contributed by atoms with Crippen molar-refractivity contribution < 1.29 is 24.3 Å². The van der Waals surface area contributed by atoms with Gasteiger partial charge in [-0.2, -0.15) is 0 Å². The molecule has 6 aromatic heterocycles. The average Bonchev–Trinajstić information content (AvgIpc) is 3.09. The van der Waals surface area contributed by atoms with Crippen molar-refractivity contribution in [1.29, 1.82) is 0 Å². The molecule has 6 heterocycles. The van der Waals surface area contributed by atoms with Crippen molar-refractivity contribution in [1.82, 2.24) is 35.2 Å². The summed E-state index contributed by atoms with van der Waals surface area (Å²) in [6.45, 7) is 4.28. The Morgan fingerprint density at radius 2 is 0.978 bits per heavy atom. The number of carbonyl (C=O) groups is 1. The second-order valence-electron chi connectivity index (χ2n) is 9.71. The molecule has 0 bridgehead atoms. The molecule has 45 heavy (non-hydrogen) atoms. The normalized spacial score (nSPS) is 9.73. The number of amides is 1. The van der Waals surface area contributed by atoms with Crippen LogP contribution in [0.5, 0.6) is 0 Å². The van der Waals surface area contributed by atoms with E-state index in [1.165, 1.54) is 18.1 Å². The van der Waals surface area contributed by atoms with Crippen LogP contribution < -0.4 is 5.32 Å². The first kappa shape index (κ1) is 34.5. The number of carbonyl (C=O) groups excluding carboxylic acids is 1. The van der Waals surface area contributed by atoms with Gasteiger partial charge in [-0.25, -0.2) is 0 Å². The number of hydrogen-bond donors (Lipinski definition) is 1. The summed E-state index contributed by atoms with van der Waals surface area (Å²) in [5.74, 6) is 0.0179. The molecule has 0 unspecified atom stereocenters. The van der Waals surface area contributed by atoms with Crippen LogP contribution in [0.4, 0.5) is 0 Å². The maximum absolute atomic E-state index is 10.8. The summed E-state index contributed by atoms with van der Waals surface area (Å²) in [6.07, 6.45) is 12.5. The molecule has 0 aliphatic rings. The Morgan fingerprint density at radius 3 is 1.38 bits per heavy atom. The number of rotatable bonds is 7. The minimum absolute atomic E-state index is 0. The van der Waals surface area contributed by atoms with Crippen LogP contribution in [-0.2, 0) is 30.7 Å². The van der Waals surface area contributed by atoms with Crippen molar-refractivity contribution in [3.8, 4) is 34.2 Å². The van der Waals surface area contributed by atoms with Gasteiger partial charge in [0.1, 0.15) is 0 Å². The van der Waals surface area contributed by atoms with E-state index in [9.17, 15) is 4.79 Å². The van der Waals surface area contributed by atoms with Gasteiger partial charge in [0, 0.05) is 50.6 Å². The molecule has 6 aromatic rings. The minimum atomic E-state index is 0. The van der Waals surface area contributed by atoms with Crippen molar-refractivity contribution >= 4 is 5.91 Å². The fourth-order valence-electron chi connectivity index (χ4n) is 4.06. The first-order valence-electron chi connectivity index (χ1n) is 14.4. The Hall–Kier alpha value is -5.01. The predicted octanol–water partition coefficient (Wildman–Crippen LogP) is 6.81. The van der Waals surface area contributed by atoms with E-state index in [2.05, 4.69) is 41.3 Å². The number of pyridine rings is 6. The van der Waals surface area contributed by atoms with Crippen LogP contribution in [0.15, 0.2) is 134 Å². The third kappa shape index (κ3) is 12.3. The molecular weight excluding hydrogens is 648 g/mol. The van der Waals surface area contributed by atoms with Crippen molar-refractivity contribution in [3.63, 3.8) is 0 Å². The molecule has 1 N–H and O–H groups in total. The van der Waals surface area contributed by atoms with Gasteiger partial charge in [-0.15, -0.1) is 0 Å². The van der Waals surface area contributed by atoms with Crippen molar-refractivity contribution in [3.05, 3.63) is 145 Å². The van der Waals surface area contributed by atoms with Crippen LogP contribution in [-0.4, -0.2) is 42.4 Å². The van der Waals surface area contributed by atoms with Crippen LogP contribution in [0.3, 0.4) is 0 Å². The van der Waals surface area contributed by atoms with Gasteiger partial charge >= 0.3 is 19.5 Å². The summed E-state index contributed by atoms with van der Waals surface area (Å²) in [4.78, 5) is 36.3. The van der Waals surface area contributed by atoms with Crippen LogP contribution in [0.1, 0.15) is 24.5 Å². The molecule has 0 spiro atoms. The summed E-state index contributed by atoms with van der Waals surface area (Å²) >= 11 is 0. The van der Waals surface area contributed by atoms with E-state index in [1.807, 2.05) is 104 Å². The zero-order chi connectivity index (χ0) is 30.8. The standard InChI is InChI=1S/C16H19N3O.2C10H8N2.Ru/c1-12-5-8-18-15(10-12)16-11-14(6-9-19-16)4-3-7-17-13(2)20;2*1-3-7-11-9(5-1)10-6-2-4-8-12-10;/h5-6,8-11H,3-4,7H2,1-2H3,(H,17,20);2*1-8H;/q;;;+2. The predicted molar refractivity (Wildman–Crippen MR) is 174 cm³/mol. The molecule has 0 atom stereocenters. The Balaban J connectivity index is 0.000000191. The third-order valence-corrected chi connectivity index (χ3v) is 6.20. The van der Waals surface area contributed by atoms with E-state index in [0.717, 1.165) is 47.0 Å². The van der Waals surface area contributed by atoms with Crippen LogP contribution in [0.25, 0.3) is 34.2 Å². The fraction of sp³-hybridized carbons (Fsp3) is 0.139. The van der Waals surface area contributed by atoms with E-state index in [4.69, 9.17) is 0 Å². The van der Waals surface area contributed by atoms with Gasteiger partial charge < -0.3 is 5.32 Å². The fourth-order valence-corrected chi connectivity index (χ4v) is 4.06. The first-order chi connectivity index (χ1) is 21.6. The second kappa shape index (κ2) is 19.3. The molecule has 226 valence electrons. The largest absolute Gasteiger partial charge is 2.00 e. The molecule has 6 rings (SSSR count). The molecule has 9 heteroatoms. The summed E-state index contributed by atoms with van der Waals surface area (Å²) < 4.78 is 0. The van der Waals surface area contributed by atoms with Gasteiger partial charge in [-0.3, -0.25) is 34.7 Å². The molecule has 0 saturated heterocycles. The van der Waals surface area contributed by atoms with Crippen LogP contribution in [0.2, 0.25) is 0 Å². The molecule has 0 aliphatic heterocycles. The van der Waals surface area contributed by atoms with E-state index in [-0.39, 0.29) is 25.4 Å². The maximum atomic E-state index is 10.8. The van der Waals surface area contributed by atoms with Gasteiger partial charge in [0.25, 0.3) is 0 Å². The number of aryl methyl sites for hydroxylation is 2. The number of aromatic nitrogens is 6. The summed E-state index contributed by atoms with van der Waals surface area (Å²) in [5, 5.41) is 2.80. The van der Waals surface area contributed by atoms with Gasteiger partial charge in [0.05, 0.1) is 34.2 Å². The van der Waals surface area contributed by atoms with Crippen molar-refractivity contribution in [2.75, 3.05) is 6.54 Å². The van der Waals surface area contributed by atoms with Gasteiger partial charge in [-0.05, 0) is 104 Å². The zero-order valence-corrected chi connectivity index (χ0v) is 27.0. The molecule has 1 amide bonds. The minimum Gasteiger partial charge on any atom is -0.356 e. The summed E-state index contributed by atoms with van der Waals surface area (Å²) in [7, 11) is 0. The molecular formula is C36H35N7ORu+2. The van der Waals surface area contributed by atoms with E-state index in [1.54, 1.807) is 31.0 Å². The first-order valence-corrected chi connectivity index (χ1v) is 14.4. The monoisotopic (exact) mass is 683 g/mol. The van der Waals surface area contributed by atoms with Crippen LogP contribution in [0, 0.1) is 6.92 Å². The van der Waals surface area contributed by atoms with Crippen LogP contribution >= 0.6 is 0 Å². The number of hydrogen-bond acceptors (Lipinski definition) is 7. The molecule has 0 saturated carbocycles. The van der Waals surface area contributed by atoms with E-state index >= 15 is 0 Å². The Bertz CT molecular complexity index is 1540. The topological polar surface area (TPSA) is 106 Å². The number of nitrogens with zero attached hydrogens (tertiary/aromatic N) is 6. The van der Waals surface area contributed by atoms with E-state index < -0.39 is 0 Å². The summed E-state index contributed by atoms with van der Waals surface area (Å²) in [6, 6.07) is 31.3. The SMILES string of the molecule is CC(=O)NCCCc1ccnc(-c2cc(C)ccn2)c1.[Ru+2].c1ccc(-c2ccccn2)nc1.c1ccc(-c2ccccn2)nc1. The van der Waals surface area contributed by atoms with Gasteiger partial charge in [0.2, 0.25) is 5.91 Å². The molecule has 0 fully saturated rings. The summed E-state index contributed by atoms with van der Waals surface area (Å²) in [5.41, 5.74) is 7.84.